The van der Waals surface area contributed by atoms with E-state index in [9.17, 15) is 18.3 Å². The first-order valence-electron chi connectivity index (χ1n) is 8.94. The Labute approximate surface area is 157 Å². The zero-order chi connectivity index (χ0) is 19.3. The van der Waals surface area contributed by atoms with Crippen molar-refractivity contribution in [1.29, 1.82) is 0 Å². The van der Waals surface area contributed by atoms with E-state index in [1.807, 2.05) is 36.4 Å². The van der Waals surface area contributed by atoms with Gasteiger partial charge in [-0.25, -0.2) is 0 Å². The highest BCUT2D eigenvalue weighted by molar-refractivity contribution is 5.70. The molecule has 0 aliphatic heterocycles. The summed E-state index contributed by atoms with van der Waals surface area (Å²) in [4.78, 5) is 0. The highest BCUT2D eigenvalue weighted by Crippen LogP contribution is 2.38. The van der Waals surface area contributed by atoms with Crippen LogP contribution in [0.3, 0.4) is 0 Å². The summed E-state index contributed by atoms with van der Waals surface area (Å²) in [5.41, 5.74) is 2.80. The van der Waals surface area contributed by atoms with Crippen molar-refractivity contribution in [3.05, 3.63) is 90.0 Å². The Morgan fingerprint density at radius 2 is 1.44 bits per heavy atom. The summed E-state index contributed by atoms with van der Waals surface area (Å²) in [6.07, 6.45) is -3.28. The van der Waals surface area contributed by atoms with E-state index < -0.39 is 12.1 Å². The van der Waals surface area contributed by atoms with Crippen LogP contribution in [0.4, 0.5) is 13.2 Å². The minimum Gasteiger partial charge on any atom is -0.507 e. The first-order valence-corrected chi connectivity index (χ1v) is 8.94. The molecule has 0 saturated heterocycles. The molecule has 0 radical (unpaired) electrons. The molecule has 4 heteroatoms. The second-order valence-electron chi connectivity index (χ2n) is 6.61. The lowest BCUT2D eigenvalue weighted by Crippen LogP contribution is -2.21. The Balaban J connectivity index is 1.71. The molecule has 0 saturated carbocycles. The van der Waals surface area contributed by atoms with Crippen molar-refractivity contribution in [3.8, 4) is 16.9 Å². The van der Waals surface area contributed by atoms with E-state index in [4.69, 9.17) is 0 Å². The molecule has 1 atom stereocenters. The number of hydrogen-bond acceptors (Lipinski definition) is 1. The highest BCUT2D eigenvalue weighted by Gasteiger charge is 2.39. The summed E-state index contributed by atoms with van der Waals surface area (Å²) >= 11 is 0. The van der Waals surface area contributed by atoms with Crippen LogP contribution >= 0.6 is 0 Å². The number of benzene rings is 3. The molecule has 0 bridgehead atoms. The van der Waals surface area contributed by atoms with E-state index in [-0.39, 0.29) is 12.2 Å². The zero-order valence-electron chi connectivity index (χ0n) is 14.8. The van der Waals surface area contributed by atoms with Crippen molar-refractivity contribution in [2.45, 2.75) is 31.4 Å². The van der Waals surface area contributed by atoms with Crippen molar-refractivity contribution in [2.24, 2.45) is 0 Å². The molecule has 1 nitrogen and oxygen atoms in total. The maximum Gasteiger partial charge on any atom is 0.395 e. The van der Waals surface area contributed by atoms with E-state index in [2.05, 4.69) is 0 Å². The summed E-state index contributed by atoms with van der Waals surface area (Å²) in [7, 11) is 0. The minimum absolute atomic E-state index is 0.0368. The molecule has 3 rings (SSSR count). The summed E-state index contributed by atoms with van der Waals surface area (Å²) in [5.74, 6) is -1.29. The van der Waals surface area contributed by atoms with Gasteiger partial charge in [0.1, 0.15) is 5.75 Å². The van der Waals surface area contributed by atoms with Gasteiger partial charge in [-0.05, 0) is 48.1 Å². The molecular formula is C23H21F3O. The Morgan fingerprint density at radius 3 is 2.07 bits per heavy atom. The third kappa shape index (κ3) is 4.91. The van der Waals surface area contributed by atoms with Crippen LogP contribution < -0.4 is 0 Å². The molecule has 0 fully saturated rings. The first kappa shape index (κ1) is 19.0. The molecule has 27 heavy (non-hydrogen) atoms. The Morgan fingerprint density at radius 1 is 0.815 bits per heavy atom. The summed E-state index contributed by atoms with van der Waals surface area (Å²) in [6.45, 7) is 0. The highest BCUT2D eigenvalue weighted by atomic mass is 19.4. The quantitative estimate of drug-likeness (QED) is 0.510. The predicted molar refractivity (Wildman–Crippen MR) is 102 cm³/mol. The van der Waals surface area contributed by atoms with Crippen molar-refractivity contribution >= 4 is 0 Å². The molecule has 0 aromatic heterocycles. The monoisotopic (exact) mass is 370 g/mol. The number of phenols is 1. The van der Waals surface area contributed by atoms with Crippen LogP contribution in [0.25, 0.3) is 11.1 Å². The molecule has 0 heterocycles. The van der Waals surface area contributed by atoms with Gasteiger partial charge in [-0.3, -0.25) is 0 Å². The van der Waals surface area contributed by atoms with Crippen molar-refractivity contribution in [2.75, 3.05) is 0 Å². The zero-order valence-corrected chi connectivity index (χ0v) is 14.8. The fourth-order valence-corrected chi connectivity index (χ4v) is 3.30. The lowest BCUT2D eigenvalue weighted by atomic mass is 9.91. The van der Waals surface area contributed by atoms with Gasteiger partial charge < -0.3 is 5.11 Å². The third-order valence-electron chi connectivity index (χ3n) is 4.70. The molecule has 1 N–H and O–H groups in total. The van der Waals surface area contributed by atoms with Gasteiger partial charge in [0.15, 0.2) is 0 Å². The fourth-order valence-electron chi connectivity index (χ4n) is 3.30. The summed E-state index contributed by atoms with van der Waals surface area (Å²) < 4.78 is 40.3. The minimum atomic E-state index is -4.26. The van der Waals surface area contributed by atoms with Crippen LogP contribution in [0.2, 0.25) is 0 Å². The predicted octanol–water partition coefficient (Wildman–Crippen LogP) is 6.73. The molecule has 3 aromatic carbocycles. The van der Waals surface area contributed by atoms with Gasteiger partial charge in [-0.15, -0.1) is 0 Å². The standard InChI is InChI=1S/C23H21F3O/c24-23(25,26)21(19-11-5-2-6-12-19)13-7-8-17-14-15-22(27)20(16-17)18-9-3-1-4-10-18/h1-6,9-12,14-16,21,27H,7-8,13H2. The number of aryl methyl sites for hydroxylation is 1. The van der Waals surface area contributed by atoms with Crippen LogP contribution in [0, 0.1) is 0 Å². The van der Waals surface area contributed by atoms with E-state index in [0.29, 0.717) is 24.0 Å². The van der Waals surface area contributed by atoms with Gasteiger partial charge in [-0.2, -0.15) is 13.2 Å². The number of phenolic OH excluding ortho intramolecular Hbond substituents is 1. The maximum atomic E-state index is 13.4. The van der Waals surface area contributed by atoms with Gasteiger partial charge in [0, 0.05) is 5.56 Å². The lowest BCUT2D eigenvalue weighted by molar-refractivity contribution is -0.152. The number of halogens is 3. The van der Waals surface area contributed by atoms with Crippen molar-refractivity contribution in [1.82, 2.24) is 0 Å². The molecule has 0 amide bonds. The molecule has 1 unspecified atom stereocenters. The molecule has 0 spiro atoms. The van der Waals surface area contributed by atoms with Gasteiger partial charge in [0.25, 0.3) is 0 Å². The normalized spacial score (nSPS) is 12.7. The van der Waals surface area contributed by atoms with Gasteiger partial charge in [0.05, 0.1) is 5.92 Å². The van der Waals surface area contributed by atoms with E-state index in [1.54, 1.807) is 30.3 Å². The smallest absolute Gasteiger partial charge is 0.395 e. The van der Waals surface area contributed by atoms with Crippen LogP contribution in [0.5, 0.6) is 5.75 Å². The number of rotatable bonds is 6. The number of aromatic hydroxyl groups is 1. The lowest BCUT2D eigenvalue weighted by Gasteiger charge is -2.20. The second kappa shape index (κ2) is 8.30. The Bertz CT molecular complexity index is 858. The van der Waals surface area contributed by atoms with Gasteiger partial charge in [0.2, 0.25) is 0 Å². The average molecular weight is 370 g/mol. The van der Waals surface area contributed by atoms with Crippen LogP contribution in [0.15, 0.2) is 78.9 Å². The average Bonchev–Trinajstić information content (AvgIpc) is 2.67. The van der Waals surface area contributed by atoms with E-state index >= 15 is 0 Å². The van der Waals surface area contributed by atoms with Crippen molar-refractivity contribution in [3.63, 3.8) is 0 Å². The molecule has 3 aromatic rings. The van der Waals surface area contributed by atoms with E-state index in [0.717, 1.165) is 11.1 Å². The second-order valence-corrected chi connectivity index (χ2v) is 6.61. The number of alkyl halides is 3. The van der Waals surface area contributed by atoms with Crippen LogP contribution in [-0.4, -0.2) is 11.3 Å². The molecule has 140 valence electrons. The Hall–Kier alpha value is -2.75. The molecule has 0 aliphatic carbocycles. The fraction of sp³-hybridized carbons (Fsp3) is 0.217. The Kier molecular flexibility index (Phi) is 5.84. The number of hydrogen-bond donors (Lipinski definition) is 1. The van der Waals surface area contributed by atoms with E-state index in [1.165, 1.54) is 12.1 Å². The summed E-state index contributed by atoms with van der Waals surface area (Å²) in [5, 5.41) is 10.1. The molecular weight excluding hydrogens is 349 g/mol. The third-order valence-corrected chi connectivity index (χ3v) is 4.70. The van der Waals surface area contributed by atoms with Gasteiger partial charge in [-0.1, -0.05) is 66.7 Å². The van der Waals surface area contributed by atoms with Crippen LogP contribution in [-0.2, 0) is 6.42 Å². The largest absolute Gasteiger partial charge is 0.507 e. The maximum absolute atomic E-state index is 13.4. The van der Waals surface area contributed by atoms with Gasteiger partial charge >= 0.3 is 6.18 Å². The van der Waals surface area contributed by atoms with Crippen molar-refractivity contribution < 1.29 is 18.3 Å². The molecule has 0 aliphatic rings. The topological polar surface area (TPSA) is 20.2 Å². The summed E-state index contributed by atoms with van der Waals surface area (Å²) in [6, 6.07) is 22.8. The first-order chi connectivity index (χ1) is 12.9. The SMILES string of the molecule is Oc1ccc(CCCC(c2ccccc2)C(F)(F)F)cc1-c1ccccc1. The van der Waals surface area contributed by atoms with Crippen LogP contribution in [0.1, 0.15) is 29.9 Å².